The summed E-state index contributed by atoms with van der Waals surface area (Å²) < 4.78 is 27.3. The number of rotatable bonds is 5. The van der Waals surface area contributed by atoms with Crippen molar-refractivity contribution in [1.29, 1.82) is 0 Å². The van der Waals surface area contributed by atoms with Crippen molar-refractivity contribution in [2.24, 2.45) is 0 Å². The van der Waals surface area contributed by atoms with Crippen molar-refractivity contribution in [2.45, 2.75) is 31.2 Å². The average Bonchev–Trinajstić information content (AvgIpc) is 3.19. The highest BCUT2D eigenvalue weighted by Gasteiger charge is 2.29. The standard InChI is InChI=1S/C20H23ClN2O3S/c1-15-5-8-17(13-19(15)27(25,26)23-11-3-4-12-23)20(24)22(2)14-16-6-9-18(21)10-7-16/h5-10,13H,3-4,11-12,14H2,1-2H3. The third-order valence-corrected chi connectivity index (χ3v) is 7.09. The van der Waals surface area contributed by atoms with Crippen LogP contribution in [0.5, 0.6) is 0 Å². The zero-order valence-corrected chi connectivity index (χ0v) is 17.1. The van der Waals surface area contributed by atoms with Crippen LogP contribution in [0, 0.1) is 6.92 Å². The molecule has 2 aromatic carbocycles. The van der Waals surface area contributed by atoms with E-state index >= 15 is 0 Å². The first kappa shape index (κ1) is 19.9. The van der Waals surface area contributed by atoms with Crippen LogP contribution >= 0.6 is 11.6 Å². The van der Waals surface area contributed by atoms with E-state index in [1.54, 1.807) is 43.1 Å². The van der Waals surface area contributed by atoms with Gasteiger partial charge in [0.25, 0.3) is 5.91 Å². The largest absolute Gasteiger partial charge is 0.337 e. The predicted octanol–water partition coefficient (Wildman–Crippen LogP) is 3.71. The molecule has 2 aromatic rings. The fourth-order valence-corrected chi connectivity index (χ4v) is 5.13. The molecule has 0 spiro atoms. The summed E-state index contributed by atoms with van der Waals surface area (Å²) in [6, 6.07) is 12.2. The number of carbonyl (C=O) groups excluding carboxylic acids is 1. The molecule has 0 atom stereocenters. The van der Waals surface area contributed by atoms with Gasteiger partial charge in [0.2, 0.25) is 10.0 Å². The SMILES string of the molecule is Cc1ccc(C(=O)N(C)Cc2ccc(Cl)cc2)cc1S(=O)(=O)N1CCCC1. The number of halogens is 1. The highest BCUT2D eigenvalue weighted by atomic mass is 35.5. The van der Waals surface area contributed by atoms with E-state index in [0.29, 0.717) is 35.8 Å². The highest BCUT2D eigenvalue weighted by molar-refractivity contribution is 7.89. The predicted molar refractivity (Wildman–Crippen MR) is 106 cm³/mol. The number of hydrogen-bond acceptors (Lipinski definition) is 3. The lowest BCUT2D eigenvalue weighted by Crippen LogP contribution is -2.29. The quantitative estimate of drug-likeness (QED) is 0.760. The van der Waals surface area contributed by atoms with Gasteiger partial charge in [0.15, 0.2) is 0 Å². The van der Waals surface area contributed by atoms with Crippen molar-refractivity contribution in [3.63, 3.8) is 0 Å². The molecule has 1 aliphatic heterocycles. The van der Waals surface area contributed by atoms with Crippen molar-refractivity contribution in [1.82, 2.24) is 9.21 Å². The number of carbonyl (C=O) groups is 1. The molecular formula is C20H23ClN2O3S. The third-order valence-electron chi connectivity index (χ3n) is 4.80. The fraction of sp³-hybridized carbons (Fsp3) is 0.350. The molecule has 27 heavy (non-hydrogen) atoms. The van der Waals surface area contributed by atoms with Gasteiger partial charge in [0.05, 0.1) is 4.90 Å². The molecule has 1 amide bonds. The number of hydrogen-bond donors (Lipinski definition) is 0. The average molecular weight is 407 g/mol. The summed E-state index contributed by atoms with van der Waals surface area (Å²) in [5.41, 5.74) is 1.97. The van der Waals surface area contributed by atoms with Crippen LogP contribution in [0.2, 0.25) is 5.02 Å². The number of nitrogens with zero attached hydrogens (tertiary/aromatic N) is 2. The summed E-state index contributed by atoms with van der Waals surface area (Å²) in [5.74, 6) is -0.220. The van der Waals surface area contributed by atoms with Crippen molar-refractivity contribution in [2.75, 3.05) is 20.1 Å². The first-order valence-electron chi connectivity index (χ1n) is 8.90. The van der Waals surface area contributed by atoms with Crippen LogP contribution in [0.25, 0.3) is 0 Å². The number of benzene rings is 2. The minimum absolute atomic E-state index is 0.218. The zero-order chi connectivity index (χ0) is 19.6. The Balaban J connectivity index is 1.84. The summed E-state index contributed by atoms with van der Waals surface area (Å²) in [6.07, 6.45) is 1.75. The Kier molecular flexibility index (Phi) is 5.89. The molecule has 0 aliphatic carbocycles. The van der Waals surface area contributed by atoms with Crippen molar-refractivity contribution >= 4 is 27.5 Å². The van der Waals surface area contributed by atoms with Gasteiger partial charge in [-0.15, -0.1) is 0 Å². The molecule has 0 aromatic heterocycles. The Morgan fingerprint density at radius 1 is 1.11 bits per heavy atom. The molecule has 3 rings (SSSR count). The van der Waals surface area contributed by atoms with E-state index in [9.17, 15) is 13.2 Å². The minimum Gasteiger partial charge on any atom is -0.337 e. The van der Waals surface area contributed by atoms with Gasteiger partial charge in [-0.2, -0.15) is 4.31 Å². The molecular weight excluding hydrogens is 384 g/mol. The first-order chi connectivity index (χ1) is 12.8. The van der Waals surface area contributed by atoms with Gasteiger partial charge in [-0.05, 0) is 55.2 Å². The summed E-state index contributed by atoms with van der Waals surface area (Å²) >= 11 is 5.89. The molecule has 0 unspecified atom stereocenters. The molecule has 0 bridgehead atoms. The van der Waals surface area contributed by atoms with Crippen LogP contribution in [0.15, 0.2) is 47.4 Å². The van der Waals surface area contributed by atoms with E-state index in [1.807, 2.05) is 12.1 Å². The summed E-state index contributed by atoms with van der Waals surface area (Å²) in [5, 5.41) is 0.642. The van der Waals surface area contributed by atoms with Crippen LogP contribution < -0.4 is 0 Å². The number of sulfonamides is 1. The van der Waals surface area contributed by atoms with Crippen LogP contribution in [0.3, 0.4) is 0 Å². The van der Waals surface area contributed by atoms with E-state index in [0.717, 1.165) is 18.4 Å². The normalized spacial score (nSPS) is 15.1. The Labute approximate surface area is 165 Å². The molecule has 1 aliphatic rings. The monoisotopic (exact) mass is 406 g/mol. The molecule has 0 N–H and O–H groups in total. The maximum absolute atomic E-state index is 12.9. The van der Waals surface area contributed by atoms with Crippen molar-refractivity contribution in [3.8, 4) is 0 Å². The Morgan fingerprint density at radius 2 is 1.74 bits per heavy atom. The maximum atomic E-state index is 12.9. The lowest BCUT2D eigenvalue weighted by Gasteiger charge is -2.20. The Bertz CT molecular complexity index is 936. The van der Waals surface area contributed by atoms with E-state index in [4.69, 9.17) is 11.6 Å². The van der Waals surface area contributed by atoms with Gasteiger partial charge in [0.1, 0.15) is 0 Å². The lowest BCUT2D eigenvalue weighted by molar-refractivity contribution is 0.0785. The summed E-state index contributed by atoms with van der Waals surface area (Å²) in [6.45, 7) is 3.25. The molecule has 144 valence electrons. The van der Waals surface area contributed by atoms with Crippen molar-refractivity contribution in [3.05, 3.63) is 64.2 Å². The van der Waals surface area contributed by atoms with E-state index < -0.39 is 10.0 Å². The van der Waals surface area contributed by atoms with Crippen LogP contribution in [0.4, 0.5) is 0 Å². The number of aryl methyl sites for hydroxylation is 1. The van der Waals surface area contributed by atoms with Gasteiger partial charge >= 0.3 is 0 Å². The van der Waals surface area contributed by atoms with Crippen LogP contribution in [0.1, 0.15) is 34.3 Å². The van der Waals surface area contributed by atoms with E-state index in [-0.39, 0.29) is 10.8 Å². The molecule has 0 saturated carbocycles. The van der Waals surface area contributed by atoms with Gasteiger partial charge in [-0.25, -0.2) is 8.42 Å². The molecule has 1 heterocycles. The second-order valence-electron chi connectivity index (χ2n) is 6.88. The van der Waals surface area contributed by atoms with Gasteiger partial charge in [0, 0.05) is 37.3 Å². The lowest BCUT2D eigenvalue weighted by atomic mass is 10.1. The van der Waals surface area contributed by atoms with Crippen molar-refractivity contribution < 1.29 is 13.2 Å². The van der Waals surface area contributed by atoms with Crippen LogP contribution in [-0.4, -0.2) is 43.7 Å². The minimum atomic E-state index is -3.57. The third kappa shape index (κ3) is 4.34. The van der Waals surface area contributed by atoms with Gasteiger partial charge in [-0.1, -0.05) is 29.8 Å². The first-order valence-corrected chi connectivity index (χ1v) is 10.7. The van der Waals surface area contributed by atoms with Gasteiger partial charge in [-0.3, -0.25) is 4.79 Å². The maximum Gasteiger partial charge on any atom is 0.253 e. The summed E-state index contributed by atoms with van der Waals surface area (Å²) in [4.78, 5) is 14.6. The molecule has 1 saturated heterocycles. The van der Waals surface area contributed by atoms with Gasteiger partial charge < -0.3 is 4.90 Å². The van der Waals surface area contributed by atoms with E-state index in [1.165, 1.54) is 10.4 Å². The second kappa shape index (κ2) is 8.00. The smallest absolute Gasteiger partial charge is 0.253 e. The number of amides is 1. The zero-order valence-electron chi connectivity index (χ0n) is 15.5. The second-order valence-corrected chi connectivity index (χ2v) is 9.22. The fourth-order valence-electron chi connectivity index (χ4n) is 3.23. The van der Waals surface area contributed by atoms with E-state index in [2.05, 4.69) is 0 Å². The molecule has 7 heteroatoms. The van der Waals surface area contributed by atoms with Crippen LogP contribution in [-0.2, 0) is 16.6 Å². The highest BCUT2D eigenvalue weighted by Crippen LogP contribution is 2.25. The Hall–Kier alpha value is -1.89. The molecule has 5 nitrogen and oxygen atoms in total. The summed E-state index contributed by atoms with van der Waals surface area (Å²) in [7, 11) is -1.87. The topological polar surface area (TPSA) is 57.7 Å². The Morgan fingerprint density at radius 3 is 2.37 bits per heavy atom. The molecule has 0 radical (unpaired) electrons. The molecule has 1 fully saturated rings.